The fraction of sp³-hybridized carbons (Fsp3) is 0.600. The van der Waals surface area contributed by atoms with Crippen molar-refractivity contribution in [3.05, 3.63) is 12.2 Å². The van der Waals surface area contributed by atoms with Crippen LogP contribution in [0.2, 0.25) is 0 Å². The lowest BCUT2D eigenvalue weighted by atomic mass is 10.3. The molecule has 0 saturated carbocycles. The van der Waals surface area contributed by atoms with Crippen molar-refractivity contribution < 1.29 is 0 Å². The molecule has 0 amide bonds. The first-order valence-corrected chi connectivity index (χ1v) is 4.08. The molecule has 1 aromatic rings. The molecule has 1 N–H and O–H groups in total. The number of nitrogens with zero attached hydrogens (tertiary/aromatic N) is 2. The minimum absolute atomic E-state index is 0.477. The van der Waals surface area contributed by atoms with E-state index in [1.54, 1.807) is 0 Å². The summed E-state index contributed by atoms with van der Waals surface area (Å²) in [7, 11) is 0. The van der Waals surface area contributed by atoms with Crippen LogP contribution in [0.15, 0.2) is 6.33 Å². The molecule has 1 heterocycles. The Hall–Kier alpha value is -0.130. The van der Waals surface area contributed by atoms with E-state index in [2.05, 4.69) is 44.7 Å². The smallest absolute Gasteiger partial charge is 0.137 e. The summed E-state index contributed by atoms with van der Waals surface area (Å²) in [4.78, 5) is 4.01. The van der Waals surface area contributed by atoms with Crippen molar-refractivity contribution in [1.29, 1.82) is 0 Å². The van der Waals surface area contributed by atoms with Gasteiger partial charge in [0, 0.05) is 0 Å². The van der Waals surface area contributed by atoms with E-state index in [4.69, 9.17) is 0 Å². The molecule has 3 nitrogen and oxygen atoms in total. The predicted molar refractivity (Wildman–Crippen MR) is 43.4 cm³/mol. The van der Waals surface area contributed by atoms with E-state index in [0.717, 1.165) is 12.2 Å². The third-order valence-corrected chi connectivity index (χ3v) is 2.56. The first-order chi connectivity index (χ1) is 4.34. The van der Waals surface area contributed by atoms with Gasteiger partial charge in [0.25, 0.3) is 0 Å². The molecular weight excluding hydrogens is 229 g/mol. The molecule has 0 aliphatic carbocycles. The lowest BCUT2D eigenvalue weighted by Crippen LogP contribution is -1.89. The van der Waals surface area contributed by atoms with Gasteiger partial charge < -0.3 is 0 Å². The second-order valence-corrected chi connectivity index (χ2v) is 3.25. The van der Waals surface area contributed by atoms with E-state index in [-0.39, 0.29) is 0 Å². The third kappa shape index (κ3) is 1.64. The lowest BCUT2D eigenvalue weighted by molar-refractivity contribution is 0.846. The van der Waals surface area contributed by atoms with Crippen molar-refractivity contribution in [2.24, 2.45) is 0 Å². The van der Waals surface area contributed by atoms with Crippen molar-refractivity contribution in [1.82, 2.24) is 15.2 Å². The number of aromatic nitrogens is 3. The number of nitrogens with one attached hydrogen (secondary N) is 1. The van der Waals surface area contributed by atoms with Crippen LogP contribution >= 0.6 is 22.6 Å². The Labute approximate surface area is 67.4 Å². The molecule has 1 unspecified atom stereocenters. The molecule has 0 aliphatic rings. The van der Waals surface area contributed by atoms with Gasteiger partial charge in [-0.25, -0.2) is 4.98 Å². The molecule has 0 radical (unpaired) electrons. The number of halogens is 1. The molecule has 1 atom stereocenters. The average Bonchev–Trinajstić information content (AvgIpc) is 2.37. The topological polar surface area (TPSA) is 41.6 Å². The Bertz CT molecular complexity index is 161. The maximum absolute atomic E-state index is 4.01. The van der Waals surface area contributed by atoms with Gasteiger partial charge in [-0.05, 0) is 6.42 Å². The predicted octanol–water partition coefficient (Wildman–Crippen LogP) is 1.69. The number of hydrogen-bond donors (Lipinski definition) is 1. The van der Waals surface area contributed by atoms with E-state index in [9.17, 15) is 0 Å². The minimum Gasteiger partial charge on any atom is -0.262 e. The highest BCUT2D eigenvalue weighted by Gasteiger charge is 2.05. The monoisotopic (exact) mass is 237 g/mol. The zero-order valence-corrected chi connectivity index (χ0v) is 7.29. The van der Waals surface area contributed by atoms with Crippen LogP contribution < -0.4 is 0 Å². The zero-order valence-electron chi connectivity index (χ0n) is 5.13. The molecule has 1 aromatic heterocycles. The molecular formula is C5H8IN3. The lowest BCUT2D eigenvalue weighted by Gasteiger charge is -1.98. The summed E-state index contributed by atoms with van der Waals surface area (Å²) in [5.41, 5.74) is 0. The molecule has 0 saturated heterocycles. The molecule has 0 aliphatic heterocycles. The Kier molecular flexibility index (Phi) is 2.44. The second kappa shape index (κ2) is 3.14. The number of rotatable bonds is 2. The number of H-pyrrole nitrogens is 1. The van der Waals surface area contributed by atoms with Crippen LogP contribution in [0.4, 0.5) is 0 Å². The van der Waals surface area contributed by atoms with Gasteiger partial charge in [0.15, 0.2) is 0 Å². The van der Waals surface area contributed by atoms with Crippen LogP contribution in [0.5, 0.6) is 0 Å². The first-order valence-electron chi connectivity index (χ1n) is 2.84. The minimum atomic E-state index is 0.477. The number of hydrogen-bond acceptors (Lipinski definition) is 2. The highest BCUT2D eigenvalue weighted by Crippen LogP contribution is 2.21. The van der Waals surface area contributed by atoms with Gasteiger partial charge in [-0.2, -0.15) is 5.10 Å². The number of aromatic amines is 1. The SMILES string of the molecule is CCC(I)c1ncn[nH]1. The Morgan fingerprint density at radius 3 is 3.11 bits per heavy atom. The van der Waals surface area contributed by atoms with E-state index in [1.807, 2.05) is 0 Å². The fourth-order valence-corrected chi connectivity index (χ4v) is 0.859. The summed E-state index contributed by atoms with van der Waals surface area (Å²) in [5.74, 6) is 0.970. The Morgan fingerprint density at radius 1 is 1.89 bits per heavy atom. The van der Waals surface area contributed by atoms with Crippen molar-refractivity contribution in [2.75, 3.05) is 0 Å². The van der Waals surface area contributed by atoms with Gasteiger partial charge in [0.05, 0.1) is 3.92 Å². The summed E-state index contributed by atoms with van der Waals surface area (Å²) >= 11 is 2.33. The van der Waals surface area contributed by atoms with E-state index in [1.165, 1.54) is 6.33 Å². The summed E-state index contributed by atoms with van der Waals surface area (Å²) in [6, 6.07) is 0. The molecule has 1 rings (SSSR count). The van der Waals surface area contributed by atoms with Crippen LogP contribution in [-0.2, 0) is 0 Å². The molecule has 0 spiro atoms. The summed E-state index contributed by atoms with van der Waals surface area (Å²) in [6.07, 6.45) is 2.63. The van der Waals surface area contributed by atoms with E-state index >= 15 is 0 Å². The highest BCUT2D eigenvalue weighted by atomic mass is 127. The van der Waals surface area contributed by atoms with E-state index in [0.29, 0.717) is 3.92 Å². The molecule has 4 heteroatoms. The number of alkyl halides is 1. The van der Waals surface area contributed by atoms with Crippen LogP contribution in [0.1, 0.15) is 23.1 Å². The van der Waals surface area contributed by atoms with Crippen molar-refractivity contribution in [2.45, 2.75) is 17.3 Å². The Balaban J connectivity index is 2.65. The third-order valence-electron chi connectivity index (χ3n) is 1.09. The standard InChI is InChI=1S/C5H8IN3/c1-2-4(6)5-7-3-8-9-5/h3-4H,2H2,1H3,(H,7,8,9). The van der Waals surface area contributed by atoms with Crippen LogP contribution in [0.3, 0.4) is 0 Å². The molecule has 0 fully saturated rings. The van der Waals surface area contributed by atoms with Gasteiger partial charge in [-0.3, -0.25) is 5.10 Å². The van der Waals surface area contributed by atoms with E-state index < -0.39 is 0 Å². The van der Waals surface area contributed by atoms with Crippen LogP contribution in [0.25, 0.3) is 0 Å². The van der Waals surface area contributed by atoms with Gasteiger partial charge in [0.1, 0.15) is 12.2 Å². The van der Waals surface area contributed by atoms with Gasteiger partial charge in [-0.15, -0.1) is 0 Å². The summed E-state index contributed by atoms with van der Waals surface area (Å²) < 4.78 is 0.477. The quantitative estimate of drug-likeness (QED) is 0.628. The van der Waals surface area contributed by atoms with Crippen molar-refractivity contribution in [3.63, 3.8) is 0 Å². The summed E-state index contributed by atoms with van der Waals surface area (Å²) in [6.45, 7) is 2.12. The second-order valence-electron chi connectivity index (χ2n) is 1.75. The van der Waals surface area contributed by atoms with Gasteiger partial charge in [0.2, 0.25) is 0 Å². The van der Waals surface area contributed by atoms with Gasteiger partial charge in [-0.1, -0.05) is 29.5 Å². The van der Waals surface area contributed by atoms with Gasteiger partial charge >= 0.3 is 0 Å². The zero-order chi connectivity index (χ0) is 6.69. The van der Waals surface area contributed by atoms with Crippen LogP contribution in [-0.4, -0.2) is 15.2 Å². The highest BCUT2D eigenvalue weighted by molar-refractivity contribution is 14.1. The van der Waals surface area contributed by atoms with Crippen molar-refractivity contribution in [3.8, 4) is 0 Å². The molecule has 0 aromatic carbocycles. The molecule has 9 heavy (non-hydrogen) atoms. The average molecular weight is 237 g/mol. The van der Waals surface area contributed by atoms with Crippen molar-refractivity contribution >= 4 is 22.6 Å². The molecule has 0 bridgehead atoms. The largest absolute Gasteiger partial charge is 0.262 e. The Morgan fingerprint density at radius 2 is 2.67 bits per heavy atom. The maximum atomic E-state index is 4.01. The normalized spacial score (nSPS) is 13.6. The fourth-order valence-electron chi connectivity index (χ4n) is 0.559. The van der Waals surface area contributed by atoms with Crippen LogP contribution in [0, 0.1) is 0 Å². The molecule has 50 valence electrons. The first kappa shape index (κ1) is 6.98. The summed E-state index contributed by atoms with van der Waals surface area (Å²) in [5, 5.41) is 6.57. The maximum Gasteiger partial charge on any atom is 0.137 e.